The molecule has 11 heteroatoms. The Kier molecular flexibility index (Phi) is 7.47. The van der Waals surface area contributed by atoms with Gasteiger partial charge in [0.15, 0.2) is 0 Å². The number of rotatable bonds is 7. The van der Waals surface area contributed by atoms with E-state index in [9.17, 15) is 21.6 Å². The van der Waals surface area contributed by atoms with Gasteiger partial charge in [0.2, 0.25) is 20.0 Å². The van der Waals surface area contributed by atoms with Crippen molar-refractivity contribution in [2.45, 2.75) is 42.0 Å². The quantitative estimate of drug-likeness (QED) is 0.632. The standard InChI is InChI=1S/C22H29N3O6S2/c1-16-7-5-6-14-25(16)33(29,30)21-15-17(8-13-20(21)31-4)22(26)23-18-9-11-19(12-10-18)32(27,28)24(2)3/h8-13,15-16H,5-7,14H2,1-4H3,(H,23,26). The number of amides is 1. The van der Waals surface area contributed by atoms with Gasteiger partial charge in [-0.15, -0.1) is 0 Å². The van der Waals surface area contributed by atoms with Gasteiger partial charge in [0.25, 0.3) is 5.91 Å². The van der Waals surface area contributed by atoms with Gasteiger partial charge in [-0.1, -0.05) is 6.42 Å². The number of methoxy groups -OCH3 is 1. The highest BCUT2D eigenvalue weighted by Crippen LogP contribution is 2.32. The fourth-order valence-electron chi connectivity index (χ4n) is 3.70. The number of sulfonamides is 2. The lowest BCUT2D eigenvalue weighted by molar-refractivity contribution is 0.102. The molecular weight excluding hydrogens is 466 g/mol. The van der Waals surface area contributed by atoms with E-state index in [0.717, 1.165) is 23.6 Å². The van der Waals surface area contributed by atoms with Crippen molar-refractivity contribution in [3.8, 4) is 5.75 Å². The summed E-state index contributed by atoms with van der Waals surface area (Å²) in [5.41, 5.74) is 0.520. The number of carbonyl (C=O) groups excluding carboxylic acids is 1. The monoisotopic (exact) mass is 495 g/mol. The highest BCUT2D eigenvalue weighted by Gasteiger charge is 2.33. The van der Waals surface area contributed by atoms with Crippen LogP contribution in [0.5, 0.6) is 5.75 Å². The summed E-state index contributed by atoms with van der Waals surface area (Å²) in [5, 5.41) is 2.67. The molecule has 1 heterocycles. The van der Waals surface area contributed by atoms with E-state index in [-0.39, 0.29) is 27.1 Å². The second-order valence-corrected chi connectivity index (χ2v) is 12.1. The molecule has 1 N–H and O–H groups in total. The van der Waals surface area contributed by atoms with Crippen LogP contribution in [-0.2, 0) is 20.0 Å². The lowest BCUT2D eigenvalue weighted by atomic mass is 10.1. The van der Waals surface area contributed by atoms with Crippen molar-refractivity contribution in [3.05, 3.63) is 48.0 Å². The lowest BCUT2D eigenvalue weighted by Crippen LogP contribution is -2.42. The largest absolute Gasteiger partial charge is 0.495 e. The first-order chi connectivity index (χ1) is 15.5. The van der Waals surface area contributed by atoms with E-state index >= 15 is 0 Å². The molecule has 33 heavy (non-hydrogen) atoms. The van der Waals surface area contributed by atoms with Crippen LogP contribution in [0.2, 0.25) is 0 Å². The van der Waals surface area contributed by atoms with Crippen LogP contribution in [0.3, 0.4) is 0 Å². The molecule has 3 rings (SSSR count). The SMILES string of the molecule is COc1ccc(C(=O)Nc2ccc(S(=O)(=O)N(C)C)cc2)cc1S(=O)(=O)N1CCCCC1C. The van der Waals surface area contributed by atoms with Crippen molar-refractivity contribution >= 4 is 31.6 Å². The van der Waals surface area contributed by atoms with Crippen LogP contribution in [0.1, 0.15) is 36.5 Å². The summed E-state index contributed by atoms with van der Waals surface area (Å²) in [6, 6.07) is 9.87. The number of nitrogens with one attached hydrogen (secondary N) is 1. The minimum Gasteiger partial charge on any atom is -0.495 e. The van der Waals surface area contributed by atoms with Crippen molar-refractivity contribution < 1.29 is 26.4 Å². The van der Waals surface area contributed by atoms with E-state index in [1.165, 1.54) is 68.0 Å². The molecule has 2 aromatic carbocycles. The van der Waals surface area contributed by atoms with Crippen LogP contribution in [0, 0.1) is 0 Å². The van der Waals surface area contributed by atoms with Crippen LogP contribution < -0.4 is 10.1 Å². The predicted octanol–water partition coefficient (Wildman–Crippen LogP) is 2.76. The Morgan fingerprint density at radius 3 is 2.30 bits per heavy atom. The van der Waals surface area contributed by atoms with E-state index in [4.69, 9.17) is 4.74 Å². The molecule has 1 unspecified atom stereocenters. The molecule has 0 radical (unpaired) electrons. The Morgan fingerprint density at radius 1 is 1.06 bits per heavy atom. The third-order valence-electron chi connectivity index (χ3n) is 5.65. The number of hydrogen-bond donors (Lipinski definition) is 1. The average Bonchev–Trinajstić information content (AvgIpc) is 2.79. The van der Waals surface area contributed by atoms with Crippen molar-refractivity contribution in [1.82, 2.24) is 8.61 Å². The Bertz CT molecular complexity index is 1230. The lowest BCUT2D eigenvalue weighted by Gasteiger charge is -2.32. The van der Waals surface area contributed by atoms with Crippen molar-refractivity contribution in [1.29, 1.82) is 0 Å². The van der Waals surface area contributed by atoms with Gasteiger partial charge in [0.1, 0.15) is 10.6 Å². The topological polar surface area (TPSA) is 113 Å². The number of benzene rings is 2. The molecule has 2 aromatic rings. The Hall–Kier alpha value is -2.47. The fourth-order valence-corrected chi connectivity index (χ4v) is 6.48. The van der Waals surface area contributed by atoms with Gasteiger partial charge < -0.3 is 10.1 Å². The van der Waals surface area contributed by atoms with Crippen LogP contribution in [0.15, 0.2) is 52.3 Å². The molecule has 180 valence electrons. The number of nitrogens with zero attached hydrogens (tertiary/aromatic N) is 2. The van der Waals surface area contributed by atoms with Crippen LogP contribution >= 0.6 is 0 Å². The maximum absolute atomic E-state index is 13.4. The van der Waals surface area contributed by atoms with Gasteiger partial charge in [-0.2, -0.15) is 4.31 Å². The second kappa shape index (κ2) is 9.80. The zero-order valence-electron chi connectivity index (χ0n) is 19.1. The van der Waals surface area contributed by atoms with Crippen LogP contribution in [0.25, 0.3) is 0 Å². The zero-order chi connectivity index (χ0) is 24.4. The summed E-state index contributed by atoms with van der Waals surface area (Å²) in [6.07, 6.45) is 2.54. The highest BCUT2D eigenvalue weighted by molar-refractivity contribution is 7.89. The predicted molar refractivity (Wildman–Crippen MR) is 125 cm³/mol. The molecule has 9 nitrogen and oxygen atoms in total. The summed E-state index contributed by atoms with van der Waals surface area (Å²) in [7, 11) is -3.18. The Labute approximate surface area is 195 Å². The number of ether oxygens (including phenoxy) is 1. The van der Waals surface area contributed by atoms with E-state index in [2.05, 4.69) is 5.32 Å². The minimum atomic E-state index is -3.86. The maximum Gasteiger partial charge on any atom is 0.255 e. The summed E-state index contributed by atoms with van der Waals surface area (Å²) >= 11 is 0. The van der Waals surface area contributed by atoms with E-state index in [1.807, 2.05) is 6.92 Å². The molecule has 0 spiro atoms. The second-order valence-electron chi connectivity index (χ2n) is 8.09. The molecule has 1 amide bonds. The first-order valence-electron chi connectivity index (χ1n) is 10.5. The first kappa shape index (κ1) is 25.2. The van der Waals surface area contributed by atoms with Gasteiger partial charge in [-0.3, -0.25) is 4.79 Å². The van der Waals surface area contributed by atoms with Crippen LogP contribution in [-0.4, -0.2) is 65.1 Å². The van der Waals surface area contributed by atoms with Crippen molar-refractivity contribution in [2.75, 3.05) is 33.1 Å². The van der Waals surface area contributed by atoms with Gasteiger partial charge in [0.05, 0.1) is 12.0 Å². The minimum absolute atomic E-state index is 0.0566. The van der Waals surface area contributed by atoms with Gasteiger partial charge >= 0.3 is 0 Å². The van der Waals surface area contributed by atoms with E-state index < -0.39 is 26.0 Å². The van der Waals surface area contributed by atoms with Crippen LogP contribution in [0.4, 0.5) is 5.69 Å². The average molecular weight is 496 g/mol. The highest BCUT2D eigenvalue weighted by atomic mass is 32.2. The number of hydrogen-bond acceptors (Lipinski definition) is 6. The third-order valence-corrected chi connectivity index (χ3v) is 9.51. The molecule has 0 saturated carbocycles. The number of carbonyl (C=O) groups is 1. The van der Waals surface area contributed by atoms with E-state index in [0.29, 0.717) is 12.2 Å². The Balaban J connectivity index is 1.88. The van der Waals surface area contributed by atoms with Gasteiger partial charge in [-0.05, 0) is 62.2 Å². The first-order valence-corrected chi connectivity index (χ1v) is 13.4. The summed E-state index contributed by atoms with van der Waals surface area (Å²) in [4.78, 5) is 12.9. The molecule has 1 aliphatic rings. The summed E-state index contributed by atoms with van der Waals surface area (Å²) in [5.74, 6) is -0.355. The Morgan fingerprint density at radius 2 is 1.73 bits per heavy atom. The smallest absolute Gasteiger partial charge is 0.255 e. The van der Waals surface area contributed by atoms with Gasteiger partial charge in [-0.25, -0.2) is 21.1 Å². The molecule has 0 aromatic heterocycles. The summed E-state index contributed by atoms with van der Waals surface area (Å²) < 4.78 is 58.9. The van der Waals surface area contributed by atoms with Gasteiger partial charge in [0, 0.05) is 37.9 Å². The third kappa shape index (κ3) is 5.21. The molecule has 1 aliphatic heterocycles. The van der Waals surface area contributed by atoms with Crippen molar-refractivity contribution in [2.24, 2.45) is 0 Å². The maximum atomic E-state index is 13.4. The van der Waals surface area contributed by atoms with Crippen molar-refractivity contribution in [3.63, 3.8) is 0 Å². The molecule has 1 saturated heterocycles. The molecule has 1 atom stereocenters. The molecule has 1 fully saturated rings. The summed E-state index contributed by atoms with van der Waals surface area (Å²) in [6.45, 7) is 2.30. The molecule has 0 bridgehead atoms. The number of anilines is 1. The molecular formula is C22H29N3O6S2. The zero-order valence-corrected chi connectivity index (χ0v) is 20.7. The number of piperidine rings is 1. The van der Waals surface area contributed by atoms with E-state index in [1.54, 1.807) is 0 Å². The normalized spacial score (nSPS) is 17.7. The fraction of sp³-hybridized carbons (Fsp3) is 0.409. The molecule has 0 aliphatic carbocycles.